The van der Waals surface area contributed by atoms with Crippen molar-refractivity contribution in [2.24, 2.45) is 0 Å². The molecule has 9 nitrogen and oxygen atoms in total. The zero-order valence-corrected chi connectivity index (χ0v) is 16.3. The number of rotatable bonds is 5. The molecule has 0 bridgehead atoms. The number of hydrogen-bond acceptors (Lipinski definition) is 7. The number of benzene rings is 1. The highest BCUT2D eigenvalue weighted by molar-refractivity contribution is 5.94. The van der Waals surface area contributed by atoms with Gasteiger partial charge in [0.25, 0.3) is 11.8 Å². The Labute approximate surface area is 167 Å². The highest BCUT2D eigenvalue weighted by Gasteiger charge is 2.26. The minimum Gasteiger partial charge on any atom is -0.434 e. The van der Waals surface area contributed by atoms with E-state index < -0.39 is 6.16 Å². The highest BCUT2D eigenvalue weighted by Crippen LogP contribution is 2.16. The maximum absolute atomic E-state index is 12.4. The van der Waals surface area contributed by atoms with Gasteiger partial charge in [-0.15, -0.1) is 0 Å². The Kier molecular flexibility index (Phi) is 6.48. The van der Waals surface area contributed by atoms with Crippen LogP contribution in [0.15, 0.2) is 34.9 Å². The van der Waals surface area contributed by atoms with Crippen molar-refractivity contribution in [3.63, 3.8) is 0 Å². The molecule has 0 saturated carbocycles. The summed E-state index contributed by atoms with van der Waals surface area (Å²) >= 11 is 0. The van der Waals surface area contributed by atoms with Crippen LogP contribution in [0, 0.1) is 6.92 Å². The summed E-state index contributed by atoms with van der Waals surface area (Å²) in [6, 6.07) is 7.82. The number of carbonyl (C=O) groups excluding carboxylic acids is 3. The molecular formula is C20H23N3O6. The van der Waals surface area contributed by atoms with E-state index in [1.165, 1.54) is 12.1 Å². The lowest BCUT2D eigenvalue weighted by Crippen LogP contribution is -2.46. The quantitative estimate of drug-likeness (QED) is 0.605. The van der Waals surface area contributed by atoms with Gasteiger partial charge in [0.15, 0.2) is 5.69 Å². The monoisotopic (exact) mass is 401 g/mol. The average Bonchev–Trinajstić information content (AvgIpc) is 3.15. The standard InChI is InChI=1S/C20H23N3O6/c1-3-27-20(26)28-16-6-4-14(5-7-16)18(24)21-15-8-10-23(11-9-15)19(25)17-12-13(2)29-22-17/h4-7,12,15H,3,8-11H2,1-2H3,(H,21,24). The second-order valence-electron chi connectivity index (χ2n) is 6.67. The molecule has 2 heterocycles. The minimum atomic E-state index is -0.785. The van der Waals surface area contributed by atoms with E-state index in [-0.39, 0.29) is 24.5 Å². The van der Waals surface area contributed by atoms with E-state index in [9.17, 15) is 14.4 Å². The van der Waals surface area contributed by atoms with Crippen molar-refractivity contribution in [1.29, 1.82) is 0 Å². The first kappa shape index (κ1) is 20.4. The van der Waals surface area contributed by atoms with E-state index in [2.05, 4.69) is 10.5 Å². The number of nitrogens with one attached hydrogen (secondary N) is 1. The van der Waals surface area contributed by atoms with Crippen LogP contribution in [0.2, 0.25) is 0 Å². The number of piperidine rings is 1. The average molecular weight is 401 g/mol. The molecule has 0 aliphatic carbocycles. The van der Waals surface area contributed by atoms with Gasteiger partial charge in [-0.2, -0.15) is 0 Å². The van der Waals surface area contributed by atoms with Gasteiger partial charge in [0, 0.05) is 30.8 Å². The predicted octanol–water partition coefficient (Wildman–Crippen LogP) is 2.55. The second kappa shape index (κ2) is 9.22. The van der Waals surface area contributed by atoms with Crippen molar-refractivity contribution in [1.82, 2.24) is 15.4 Å². The summed E-state index contributed by atoms with van der Waals surface area (Å²) in [6.45, 7) is 4.71. The Morgan fingerprint density at radius 2 is 1.90 bits per heavy atom. The first-order valence-electron chi connectivity index (χ1n) is 9.44. The Balaban J connectivity index is 1.48. The lowest BCUT2D eigenvalue weighted by molar-refractivity contribution is 0.0688. The molecule has 29 heavy (non-hydrogen) atoms. The first-order valence-corrected chi connectivity index (χ1v) is 9.44. The Bertz CT molecular complexity index is 869. The fraction of sp³-hybridized carbons (Fsp3) is 0.400. The molecule has 1 saturated heterocycles. The van der Waals surface area contributed by atoms with Crippen molar-refractivity contribution in [3.05, 3.63) is 47.3 Å². The normalized spacial score (nSPS) is 14.3. The number of aromatic nitrogens is 1. The number of carbonyl (C=O) groups is 3. The summed E-state index contributed by atoms with van der Waals surface area (Å²) in [4.78, 5) is 37.8. The second-order valence-corrected chi connectivity index (χ2v) is 6.67. The molecule has 1 aliphatic rings. The lowest BCUT2D eigenvalue weighted by atomic mass is 10.0. The third-order valence-electron chi connectivity index (χ3n) is 4.54. The van der Waals surface area contributed by atoms with Crippen molar-refractivity contribution in [3.8, 4) is 5.75 Å². The maximum Gasteiger partial charge on any atom is 0.513 e. The number of ether oxygens (including phenoxy) is 2. The molecule has 2 amide bonds. The predicted molar refractivity (Wildman–Crippen MR) is 102 cm³/mol. The third kappa shape index (κ3) is 5.34. The lowest BCUT2D eigenvalue weighted by Gasteiger charge is -2.31. The smallest absolute Gasteiger partial charge is 0.434 e. The number of nitrogens with zero attached hydrogens (tertiary/aromatic N) is 2. The molecule has 2 aromatic rings. The SMILES string of the molecule is CCOC(=O)Oc1ccc(C(=O)NC2CCN(C(=O)c3cc(C)on3)CC2)cc1. The van der Waals surface area contributed by atoms with E-state index in [0.717, 1.165) is 0 Å². The van der Waals surface area contributed by atoms with E-state index >= 15 is 0 Å². The van der Waals surface area contributed by atoms with Gasteiger partial charge in [0.1, 0.15) is 11.5 Å². The van der Waals surface area contributed by atoms with Crippen molar-refractivity contribution < 1.29 is 28.4 Å². The van der Waals surface area contributed by atoms with Crippen molar-refractivity contribution in [2.75, 3.05) is 19.7 Å². The molecular weight excluding hydrogens is 378 g/mol. The number of likely N-dealkylation sites (tertiary alicyclic amines) is 1. The van der Waals surface area contributed by atoms with Crippen LogP contribution in [0.5, 0.6) is 5.75 Å². The topological polar surface area (TPSA) is 111 Å². The molecule has 0 atom stereocenters. The van der Waals surface area contributed by atoms with Gasteiger partial charge in [0.05, 0.1) is 6.61 Å². The number of amides is 2. The van der Waals surface area contributed by atoms with Crippen LogP contribution in [0.3, 0.4) is 0 Å². The van der Waals surface area contributed by atoms with Gasteiger partial charge in [-0.25, -0.2) is 4.79 Å². The van der Waals surface area contributed by atoms with Crippen LogP contribution in [-0.2, 0) is 4.74 Å². The fourth-order valence-electron chi connectivity index (χ4n) is 3.04. The Hall–Kier alpha value is -3.36. The van der Waals surface area contributed by atoms with Crippen LogP contribution < -0.4 is 10.1 Å². The van der Waals surface area contributed by atoms with Gasteiger partial charge in [-0.05, 0) is 51.0 Å². The zero-order valence-electron chi connectivity index (χ0n) is 16.3. The van der Waals surface area contributed by atoms with Crippen molar-refractivity contribution in [2.45, 2.75) is 32.7 Å². The molecule has 0 unspecified atom stereocenters. The van der Waals surface area contributed by atoms with Gasteiger partial charge < -0.3 is 24.2 Å². The Morgan fingerprint density at radius 3 is 2.48 bits per heavy atom. The first-order chi connectivity index (χ1) is 14.0. The highest BCUT2D eigenvalue weighted by atomic mass is 16.7. The van der Waals surface area contributed by atoms with Gasteiger partial charge in [-0.1, -0.05) is 5.16 Å². The van der Waals surface area contributed by atoms with Crippen LogP contribution in [0.1, 0.15) is 46.4 Å². The van der Waals surface area contributed by atoms with Crippen LogP contribution in [0.4, 0.5) is 4.79 Å². The number of aryl methyl sites for hydroxylation is 1. The van der Waals surface area contributed by atoms with Crippen LogP contribution >= 0.6 is 0 Å². The molecule has 154 valence electrons. The van der Waals surface area contributed by atoms with E-state index in [0.29, 0.717) is 48.7 Å². The summed E-state index contributed by atoms with van der Waals surface area (Å²) in [6.07, 6.45) is 0.517. The fourth-order valence-corrected chi connectivity index (χ4v) is 3.04. The van der Waals surface area contributed by atoms with E-state index in [1.54, 1.807) is 36.9 Å². The minimum absolute atomic E-state index is 0.0268. The maximum atomic E-state index is 12.4. The van der Waals surface area contributed by atoms with E-state index in [4.69, 9.17) is 14.0 Å². The molecule has 0 radical (unpaired) electrons. The van der Waals surface area contributed by atoms with Gasteiger partial charge in [-0.3, -0.25) is 9.59 Å². The molecule has 1 aromatic carbocycles. The number of hydrogen-bond donors (Lipinski definition) is 1. The zero-order chi connectivity index (χ0) is 20.8. The van der Waals surface area contributed by atoms with Crippen LogP contribution in [0.25, 0.3) is 0 Å². The molecule has 9 heteroatoms. The molecule has 3 rings (SSSR count). The molecule has 0 spiro atoms. The van der Waals surface area contributed by atoms with Crippen molar-refractivity contribution >= 4 is 18.0 Å². The van der Waals surface area contributed by atoms with E-state index in [1.807, 2.05) is 0 Å². The van der Waals surface area contributed by atoms with Gasteiger partial charge in [0.2, 0.25) is 0 Å². The van der Waals surface area contributed by atoms with Crippen LogP contribution in [-0.4, -0.2) is 53.8 Å². The summed E-state index contributed by atoms with van der Waals surface area (Å²) in [5.41, 5.74) is 0.757. The summed E-state index contributed by atoms with van der Waals surface area (Å²) in [7, 11) is 0. The summed E-state index contributed by atoms with van der Waals surface area (Å²) < 4.78 is 14.6. The molecule has 1 fully saturated rings. The molecule has 1 N–H and O–H groups in total. The molecule has 1 aromatic heterocycles. The molecule has 1 aliphatic heterocycles. The Morgan fingerprint density at radius 1 is 1.21 bits per heavy atom. The van der Waals surface area contributed by atoms with Gasteiger partial charge >= 0.3 is 6.16 Å². The summed E-state index contributed by atoms with van der Waals surface area (Å²) in [5, 5.41) is 6.73. The summed E-state index contributed by atoms with van der Waals surface area (Å²) in [5.74, 6) is 0.512. The third-order valence-corrected chi connectivity index (χ3v) is 4.54. The largest absolute Gasteiger partial charge is 0.513 e.